The molecular formula is C11H20N2O2. The minimum absolute atomic E-state index is 0.163. The fourth-order valence-electron chi connectivity index (χ4n) is 1.03. The zero-order valence-corrected chi connectivity index (χ0v) is 9.61. The van der Waals surface area contributed by atoms with Gasteiger partial charge in [0, 0.05) is 20.0 Å². The van der Waals surface area contributed by atoms with E-state index in [1.807, 2.05) is 12.4 Å². The number of hydrogen-bond donors (Lipinski definition) is 0. The van der Waals surface area contributed by atoms with E-state index in [4.69, 9.17) is 0 Å². The average Bonchev–Trinajstić information content (AvgIpc) is 2.26. The summed E-state index contributed by atoms with van der Waals surface area (Å²) in [6.07, 6.45) is 8.11. The molecule has 0 fully saturated rings. The van der Waals surface area contributed by atoms with Crippen molar-refractivity contribution >= 4 is 18.4 Å². The molecule has 86 valence electrons. The Labute approximate surface area is 91.5 Å². The lowest BCUT2D eigenvalue weighted by Crippen LogP contribution is -2.00. The van der Waals surface area contributed by atoms with Crippen LogP contribution < -0.4 is 0 Å². The highest BCUT2D eigenvalue weighted by atomic mass is 16.5. The highest BCUT2D eigenvalue weighted by Crippen LogP contribution is 1.93. The molecule has 0 bridgehead atoms. The highest BCUT2D eigenvalue weighted by molar-refractivity contribution is 5.69. The minimum atomic E-state index is -0.163. The Morgan fingerprint density at radius 3 is 2.67 bits per heavy atom. The van der Waals surface area contributed by atoms with Crippen molar-refractivity contribution < 1.29 is 9.53 Å². The van der Waals surface area contributed by atoms with Crippen LogP contribution in [0.1, 0.15) is 32.1 Å². The predicted octanol–water partition coefficient (Wildman–Crippen LogP) is 1.88. The first-order valence-corrected chi connectivity index (χ1v) is 5.27. The lowest BCUT2D eigenvalue weighted by atomic mass is 10.2. The van der Waals surface area contributed by atoms with Gasteiger partial charge < -0.3 is 9.73 Å². The van der Waals surface area contributed by atoms with Crippen LogP contribution in [0.2, 0.25) is 0 Å². The molecule has 0 spiro atoms. The van der Waals surface area contributed by atoms with Crippen molar-refractivity contribution in [1.82, 2.24) is 0 Å². The van der Waals surface area contributed by atoms with Gasteiger partial charge in [-0.25, -0.2) is 0 Å². The number of ether oxygens (including phenoxy) is 1. The summed E-state index contributed by atoms with van der Waals surface area (Å²) in [6.45, 7) is 0.705. The molecule has 0 aliphatic carbocycles. The van der Waals surface area contributed by atoms with Crippen molar-refractivity contribution in [2.24, 2.45) is 9.98 Å². The van der Waals surface area contributed by atoms with Crippen LogP contribution in [0.15, 0.2) is 9.98 Å². The summed E-state index contributed by atoms with van der Waals surface area (Å²) in [7, 11) is 3.18. The number of rotatable bonds is 8. The van der Waals surface area contributed by atoms with Crippen molar-refractivity contribution in [1.29, 1.82) is 0 Å². The van der Waals surface area contributed by atoms with Crippen molar-refractivity contribution in [3.05, 3.63) is 0 Å². The third kappa shape index (κ3) is 10.7. The van der Waals surface area contributed by atoms with Crippen molar-refractivity contribution in [2.45, 2.75) is 32.1 Å². The molecule has 0 amide bonds. The van der Waals surface area contributed by atoms with E-state index in [0.29, 0.717) is 13.0 Å². The maximum atomic E-state index is 10.7. The van der Waals surface area contributed by atoms with E-state index in [1.54, 1.807) is 7.05 Å². The second-order valence-corrected chi connectivity index (χ2v) is 3.14. The Hall–Kier alpha value is -1.19. The van der Waals surface area contributed by atoms with Gasteiger partial charge in [-0.15, -0.1) is 0 Å². The van der Waals surface area contributed by atoms with Crippen LogP contribution in [0.4, 0.5) is 0 Å². The summed E-state index contributed by atoms with van der Waals surface area (Å²) in [4.78, 5) is 18.8. The average molecular weight is 212 g/mol. The Morgan fingerprint density at radius 1 is 1.27 bits per heavy atom. The summed E-state index contributed by atoms with van der Waals surface area (Å²) >= 11 is 0. The number of methoxy groups -OCH3 is 1. The third-order valence-corrected chi connectivity index (χ3v) is 1.87. The lowest BCUT2D eigenvalue weighted by Gasteiger charge is -1.95. The third-order valence-electron chi connectivity index (χ3n) is 1.87. The zero-order chi connectivity index (χ0) is 11.4. The number of carbonyl (C=O) groups is 1. The van der Waals surface area contributed by atoms with E-state index in [1.165, 1.54) is 7.11 Å². The molecule has 0 atom stereocenters. The second-order valence-electron chi connectivity index (χ2n) is 3.14. The van der Waals surface area contributed by atoms with E-state index < -0.39 is 0 Å². The number of unbranched alkanes of at least 4 members (excludes halogenated alkanes) is 2. The van der Waals surface area contributed by atoms with Crippen molar-refractivity contribution in [3.8, 4) is 0 Å². The largest absolute Gasteiger partial charge is 0.469 e. The Bertz CT molecular complexity index is 213. The van der Waals surface area contributed by atoms with Crippen LogP contribution in [0.3, 0.4) is 0 Å². The maximum Gasteiger partial charge on any atom is 0.305 e. The molecule has 15 heavy (non-hydrogen) atoms. The monoisotopic (exact) mass is 212 g/mol. The summed E-state index contributed by atoms with van der Waals surface area (Å²) in [5.41, 5.74) is 0. The molecule has 0 heterocycles. The minimum Gasteiger partial charge on any atom is -0.469 e. The molecule has 0 aliphatic heterocycles. The topological polar surface area (TPSA) is 51.0 Å². The van der Waals surface area contributed by atoms with E-state index in [2.05, 4.69) is 14.7 Å². The number of aliphatic imine (C=N–C) groups is 2. The number of nitrogens with zero attached hydrogens (tertiary/aromatic N) is 2. The molecule has 0 aromatic heterocycles. The van der Waals surface area contributed by atoms with Gasteiger partial charge in [-0.05, 0) is 38.1 Å². The molecule has 0 rings (SSSR count). The second kappa shape index (κ2) is 10.9. The van der Waals surface area contributed by atoms with Gasteiger partial charge in [0.05, 0.1) is 7.11 Å². The first-order chi connectivity index (χ1) is 7.31. The fourth-order valence-corrected chi connectivity index (χ4v) is 1.03. The van der Waals surface area contributed by atoms with Gasteiger partial charge in [-0.2, -0.15) is 0 Å². The molecule has 0 saturated heterocycles. The molecule has 0 aliphatic rings. The van der Waals surface area contributed by atoms with Crippen LogP contribution in [-0.4, -0.2) is 39.1 Å². The summed E-state index contributed by atoms with van der Waals surface area (Å²) in [5.74, 6) is -0.163. The molecule has 4 heteroatoms. The molecule has 0 saturated carbocycles. The molecule has 4 nitrogen and oxygen atoms in total. The molecule has 0 N–H and O–H groups in total. The number of carbonyl (C=O) groups excluding carboxylic acids is 1. The first-order valence-electron chi connectivity index (χ1n) is 5.27. The van der Waals surface area contributed by atoms with Crippen LogP contribution in [0.25, 0.3) is 0 Å². The van der Waals surface area contributed by atoms with Crippen LogP contribution in [0.5, 0.6) is 0 Å². The highest BCUT2D eigenvalue weighted by Gasteiger charge is 1.96. The number of hydrogen-bond acceptors (Lipinski definition) is 4. The molecule has 0 radical (unpaired) electrons. The SMILES string of the molecule is C/N=C/CCC/C=N/CCCC(=O)OC. The molecule has 0 unspecified atom stereocenters. The van der Waals surface area contributed by atoms with Gasteiger partial charge in [0.25, 0.3) is 0 Å². The van der Waals surface area contributed by atoms with E-state index in [-0.39, 0.29) is 5.97 Å². The van der Waals surface area contributed by atoms with Crippen molar-refractivity contribution in [3.63, 3.8) is 0 Å². The van der Waals surface area contributed by atoms with Gasteiger partial charge in [0.2, 0.25) is 0 Å². The Kier molecular flexibility index (Phi) is 10.0. The summed E-state index contributed by atoms with van der Waals surface area (Å²) in [6, 6.07) is 0. The predicted molar refractivity (Wildman–Crippen MR) is 62.9 cm³/mol. The van der Waals surface area contributed by atoms with Gasteiger partial charge in [-0.3, -0.25) is 9.79 Å². The van der Waals surface area contributed by atoms with E-state index >= 15 is 0 Å². The van der Waals surface area contributed by atoms with Crippen molar-refractivity contribution in [2.75, 3.05) is 20.7 Å². The Morgan fingerprint density at radius 2 is 2.00 bits per heavy atom. The van der Waals surface area contributed by atoms with Crippen LogP contribution in [0, 0.1) is 0 Å². The molecule has 0 aromatic carbocycles. The standard InChI is InChI=1S/C11H20N2O2/c1-12-8-4-3-5-9-13-10-6-7-11(14)15-2/h8-9H,3-7,10H2,1-2H3/b12-8+,13-9+. The Balaban J connectivity index is 3.20. The smallest absolute Gasteiger partial charge is 0.305 e. The van der Waals surface area contributed by atoms with Gasteiger partial charge in [0.1, 0.15) is 0 Å². The number of esters is 1. The zero-order valence-electron chi connectivity index (χ0n) is 9.61. The van der Waals surface area contributed by atoms with Gasteiger partial charge in [0.15, 0.2) is 0 Å². The molecular weight excluding hydrogens is 192 g/mol. The van der Waals surface area contributed by atoms with Gasteiger partial charge >= 0.3 is 5.97 Å². The normalized spacial score (nSPS) is 11.3. The first kappa shape index (κ1) is 13.8. The van der Waals surface area contributed by atoms with Gasteiger partial charge in [-0.1, -0.05) is 0 Å². The van der Waals surface area contributed by atoms with Crippen LogP contribution in [-0.2, 0) is 9.53 Å². The lowest BCUT2D eigenvalue weighted by molar-refractivity contribution is -0.140. The quantitative estimate of drug-likeness (QED) is 0.350. The maximum absolute atomic E-state index is 10.7. The molecule has 0 aromatic rings. The summed E-state index contributed by atoms with van der Waals surface area (Å²) < 4.78 is 4.52. The fraction of sp³-hybridized carbons (Fsp3) is 0.727. The van der Waals surface area contributed by atoms with E-state index in [9.17, 15) is 4.79 Å². The van der Waals surface area contributed by atoms with Crippen LogP contribution >= 0.6 is 0 Å². The van der Waals surface area contributed by atoms with E-state index in [0.717, 1.165) is 25.7 Å². The summed E-state index contributed by atoms with van der Waals surface area (Å²) in [5, 5.41) is 0.